The Morgan fingerprint density at radius 2 is 1.17 bits per heavy atom. The normalized spacial score (nSPS) is 44.6. The van der Waals surface area contributed by atoms with Crippen LogP contribution in [0.25, 0.3) is 0 Å². The molecule has 172 valence electrons. The topological polar surface area (TPSA) is 236 Å². The molecule has 0 bridgehead atoms. The second-order valence-corrected chi connectivity index (χ2v) is 8.59. The monoisotopic (exact) mass is 470 g/mol. The van der Waals surface area contributed by atoms with Gasteiger partial charge in [-0.2, -0.15) is 16.8 Å². The molecule has 0 aromatic heterocycles. The molecule has 0 radical (unpaired) electrons. The van der Waals surface area contributed by atoms with Crippen molar-refractivity contribution in [1.82, 2.24) is 0 Å². The minimum atomic E-state index is -5.18. The average Bonchev–Trinajstić information content (AvgIpc) is 2.55. The summed E-state index contributed by atoms with van der Waals surface area (Å²) in [6.45, 7) is 2.53. The summed E-state index contributed by atoms with van der Waals surface area (Å²) in [6, 6.07) is 0. The Morgan fingerprint density at radius 3 is 1.69 bits per heavy atom. The summed E-state index contributed by atoms with van der Waals surface area (Å²) in [5, 5.41) is 40.1. The number of hydrogen-bond acceptors (Lipinski definition) is 13. The van der Waals surface area contributed by atoms with Crippen molar-refractivity contribution >= 4 is 20.8 Å². The zero-order valence-electron chi connectivity index (χ0n) is 14.9. The van der Waals surface area contributed by atoms with E-state index in [1.54, 1.807) is 0 Å². The van der Waals surface area contributed by atoms with Gasteiger partial charge in [0.2, 0.25) is 0 Å². The quantitative estimate of drug-likeness (QED) is 0.205. The van der Waals surface area contributed by atoms with Gasteiger partial charge in [-0.3, -0.25) is 9.11 Å². The Kier molecular flexibility index (Phi) is 7.59. The van der Waals surface area contributed by atoms with E-state index in [-0.39, 0.29) is 0 Å². The number of hydrogen-bond donors (Lipinski definition) is 6. The molecule has 29 heavy (non-hydrogen) atoms. The molecule has 0 amide bonds. The van der Waals surface area contributed by atoms with Crippen LogP contribution in [-0.4, -0.2) is 108 Å². The summed E-state index contributed by atoms with van der Waals surface area (Å²) >= 11 is 0. The summed E-state index contributed by atoms with van der Waals surface area (Å²) < 4.78 is 86.0. The van der Waals surface area contributed by atoms with Crippen molar-refractivity contribution in [2.45, 2.75) is 75.3 Å². The van der Waals surface area contributed by atoms with Gasteiger partial charge in [0.05, 0.1) is 12.2 Å². The van der Waals surface area contributed by atoms with Crippen molar-refractivity contribution < 1.29 is 68.9 Å². The number of ether oxygens (including phenoxy) is 3. The van der Waals surface area contributed by atoms with E-state index in [1.165, 1.54) is 13.8 Å². The van der Waals surface area contributed by atoms with Crippen molar-refractivity contribution in [2.24, 2.45) is 0 Å². The molecule has 0 aliphatic carbocycles. The predicted molar refractivity (Wildman–Crippen MR) is 86.6 cm³/mol. The molecule has 10 atom stereocenters. The fourth-order valence-electron chi connectivity index (χ4n) is 2.91. The molecule has 6 N–H and O–H groups in total. The molecule has 2 rings (SSSR count). The van der Waals surface area contributed by atoms with E-state index >= 15 is 0 Å². The van der Waals surface area contributed by atoms with Gasteiger partial charge in [-0.1, -0.05) is 0 Å². The van der Waals surface area contributed by atoms with Gasteiger partial charge in [-0.25, -0.2) is 8.37 Å². The lowest BCUT2D eigenvalue weighted by molar-refractivity contribution is -0.343. The van der Waals surface area contributed by atoms with Gasteiger partial charge in [0, 0.05) is 0 Å². The first-order valence-electron chi connectivity index (χ1n) is 8.10. The zero-order valence-corrected chi connectivity index (χ0v) is 16.6. The third kappa shape index (κ3) is 6.23. The van der Waals surface area contributed by atoms with Crippen LogP contribution in [0.2, 0.25) is 0 Å². The van der Waals surface area contributed by atoms with Crippen LogP contribution in [0.3, 0.4) is 0 Å². The van der Waals surface area contributed by atoms with E-state index < -0.39 is 82.2 Å². The highest BCUT2D eigenvalue weighted by Crippen LogP contribution is 2.31. The Hall–Kier alpha value is -0.540. The van der Waals surface area contributed by atoms with Crippen LogP contribution in [0.15, 0.2) is 0 Å². The lowest BCUT2D eigenvalue weighted by atomic mass is 9.97. The van der Waals surface area contributed by atoms with Gasteiger partial charge in [-0.15, -0.1) is 0 Å². The molecule has 2 heterocycles. The molecule has 2 aliphatic rings. The first-order chi connectivity index (χ1) is 13.1. The van der Waals surface area contributed by atoms with E-state index in [0.29, 0.717) is 0 Å². The predicted octanol–water partition coefficient (Wildman–Crippen LogP) is -3.69. The summed E-state index contributed by atoms with van der Waals surface area (Å²) in [5.74, 6) is 0. The highest BCUT2D eigenvalue weighted by atomic mass is 32.3. The third-order valence-electron chi connectivity index (χ3n) is 4.32. The van der Waals surface area contributed by atoms with Gasteiger partial charge in [-0.05, 0) is 13.8 Å². The van der Waals surface area contributed by atoms with Crippen molar-refractivity contribution in [3.63, 3.8) is 0 Å². The molecule has 15 nitrogen and oxygen atoms in total. The second-order valence-electron chi connectivity index (χ2n) is 6.49. The molecule has 0 spiro atoms. The maximum atomic E-state index is 11.1. The minimum Gasteiger partial charge on any atom is -0.388 e. The molecule has 0 unspecified atom stereocenters. The summed E-state index contributed by atoms with van der Waals surface area (Å²) in [4.78, 5) is 0. The van der Waals surface area contributed by atoms with Crippen LogP contribution < -0.4 is 0 Å². The zero-order chi connectivity index (χ0) is 22.3. The summed E-state index contributed by atoms with van der Waals surface area (Å²) in [6.07, 6.45) is -17.6. The Labute approximate surface area is 165 Å². The standard InChI is InChI=1S/C12H22O15S2/c1-3-5(13)7(15)9(26-28(17,18)19)12(24-3)25-8-6(14)4(2)23-11(16)10(8)27-29(20,21)22/h3-16H,1-2H3,(H,17,18,19)(H,20,21,22)/t3-,4-,5+,6+,7+,8+,9-,10-,11+,12-/m0/s1. The Morgan fingerprint density at radius 1 is 0.690 bits per heavy atom. The molecule has 17 heteroatoms. The molecular formula is C12H22O15S2. The Bertz CT molecular complexity index is 768. The highest BCUT2D eigenvalue weighted by Gasteiger charge is 2.52. The van der Waals surface area contributed by atoms with E-state index in [1.807, 2.05) is 0 Å². The van der Waals surface area contributed by atoms with Gasteiger partial charge in [0.1, 0.15) is 24.4 Å². The Balaban J connectivity index is 2.35. The molecule has 0 saturated carbocycles. The third-order valence-corrected chi connectivity index (χ3v) is 5.25. The lowest BCUT2D eigenvalue weighted by Gasteiger charge is -2.45. The van der Waals surface area contributed by atoms with Gasteiger partial charge < -0.3 is 34.6 Å². The smallest absolute Gasteiger partial charge is 0.388 e. The summed E-state index contributed by atoms with van der Waals surface area (Å²) in [5.41, 5.74) is 0. The highest BCUT2D eigenvalue weighted by molar-refractivity contribution is 7.81. The van der Waals surface area contributed by atoms with E-state index in [2.05, 4.69) is 8.37 Å². The second kappa shape index (κ2) is 8.91. The molecule has 2 aliphatic heterocycles. The van der Waals surface area contributed by atoms with Crippen molar-refractivity contribution in [2.75, 3.05) is 0 Å². The summed E-state index contributed by atoms with van der Waals surface area (Å²) in [7, 11) is -10.4. The van der Waals surface area contributed by atoms with Crippen molar-refractivity contribution in [3.05, 3.63) is 0 Å². The minimum absolute atomic E-state index is 1.16. The van der Waals surface area contributed by atoms with Crippen LogP contribution in [0.4, 0.5) is 0 Å². The van der Waals surface area contributed by atoms with Crippen LogP contribution in [0.1, 0.15) is 13.8 Å². The van der Waals surface area contributed by atoms with Crippen molar-refractivity contribution in [1.29, 1.82) is 0 Å². The van der Waals surface area contributed by atoms with Gasteiger partial charge in [0.15, 0.2) is 24.8 Å². The number of aliphatic hydroxyl groups excluding tert-OH is 4. The SMILES string of the molecule is C[C@@H]1O[C@@H](O[C@@H]2[C@H](O)[C@H](C)O[C@@H](O)[C@H]2OS(=O)(=O)O)[C@@H](OS(=O)(=O)O)[C@H](O)[C@@H]1O. The average molecular weight is 470 g/mol. The maximum Gasteiger partial charge on any atom is 0.397 e. The fourth-order valence-corrected chi connectivity index (χ4v) is 3.88. The lowest BCUT2D eigenvalue weighted by Crippen LogP contribution is -2.64. The van der Waals surface area contributed by atoms with E-state index in [0.717, 1.165) is 0 Å². The van der Waals surface area contributed by atoms with Crippen molar-refractivity contribution in [3.8, 4) is 0 Å². The van der Waals surface area contributed by atoms with E-state index in [4.69, 9.17) is 23.3 Å². The van der Waals surface area contributed by atoms with Crippen LogP contribution >= 0.6 is 0 Å². The molecule has 2 saturated heterocycles. The molecular weight excluding hydrogens is 448 g/mol. The van der Waals surface area contributed by atoms with Crippen LogP contribution in [0.5, 0.6) is 0 Å². The number of aliphatic hydroxyl groups is 4. The first-order valence-corrected chi connectivity index (χ1v) is 10.8. The fraction of sp³-hybridized carbons (Fsp3) is 1.00. The largest absolute Gasteiger partial charge is 0.397 e. The van der Waals surface area contributed by atoms with Crippen LogP contribution in [0, 0.1) is 0 Å². The number of rotatable bonds is 6. The van der Waals surface area contributed by atoms with Gasteiger partial charge in [0.25, 0.3) is 0 Å². The van der Waals surface area contributed by atoms with Gasteiger partial charge >= 0.3 is 20.8 Å². The first kappa shape index (κ1) is 24.7. The molecule has 0 aromatic rings. The van der Waals surface area contributed by atoms with Crippen LogP contribution in [-0.2, 0) is 43.4 Å². The molecule has 2 fully saturated rings. The van der Waals surface area contributed by atoms with E-state index in [9.17, 15) is 37.3 Å². The maximum absolute atomic E-state index is 11.1. The molecule has 0 aromatic carbocycles.